The molecule has 8 heteroatoms. The molecule has 0 bridgehead atoms. The second-order valence-electron chi connectivity index (χ2n) is 7.21. The monoisotopic (exact) mass is 444 g/mol. The minimum atomic E-state index is -0.440. The van der Waals surface area contributed by atoms with Gasteiger partial charge in [0.1, 0.15) is 15.8 Å². The van der Waals surface area contributed by atoms with Gasteiger partial charge in [-0.1, -0.05) is 57.1 Å². The molecule has 30 heavy (non-hydrogen) atoms. The number of furan rings is 1. The molecule has 1 amide bonds. The maximum Gasteiger partial charge on any atom is 0.269 e. The topological polar surface area (TPSA) is 76.6 Å². The first-order chi connectivity index (χ1) is 14.4. The number of nitro groups is 1. The predicted octanol–water partition coefficient (Wildman–Crippen LogP) is 6.27. The number of non-ortho nitro benzene ring substituents is 1. The average molecular weight is 445 g/mol. The molecule has 3 rings (SSSR count). The quantitative estimate of drug-likeness (QED) is 0.196. The number of carbonyl (C=O) groups is 1. The highest BCUT2D eigenvalue weighted by molar-refractivity contribution is 8.26. The SMILES string of the molecule is CCCCC(CC)CN1C(=O)C(=Cc2ccc(-c3ccc([N+](=O)[O-])cc3)o2)SC1=S. The van der Waals surface area contributed by atoms with Crippen molar-refractivity contribution in [3.05, 3.63) is 57.2 Å². The first kappa shape index (κ1) is 22.2. The zero-order valence-electron chi connectivity index (χ0n) is 17.0. The molecule has 2 heterocycles. The lowest BCUT2D eigenvalue weighted by Gasteiger charge is -2.21. The number of thioether (sulfide) groups is 1. The van der Waals surface area contributed by atoms with Gasteiger partial charge in [-0.15, -0.1) is 0 Å². The molecule has 1 aromatic carbocycles. The van der Waals surface area contributed by atoms with Crippen LogP contribution in [0.4, 0.5) is 5.69 Å². The third-order valence-corrected chi connectivity index (χ3v) is 6.50. The van der Waals surface area contributed by atoms with E-state index in [9.17, 15) is 14.9 Å². The van der Waals surface area contributed by atoms with Crippen LogP contribution in [0.3, 0.4) is 0 Å². The van der Waals surface area contributed by atoms with Crippen LogP contribution in [-0.4, -0.2) is 26.6 Å². The van der Waals surface area contributed by atoms with Crippen molar-refractivity contribution in [3.8, 4) is 11.3 Å². The summed E-state index contributed by atoms with van der Waals surface area (Å²) in [7, 11) is 0. The molecular formula is C22H24N2O4S2. The number of rotatable bonds is 9. The van der Waals surface area contributed by atoms with E-state index < -0.39 is 4.92 Å². The predicted molar refractivity (Wildman–Crippen MR) is 124 cm³/mol. The Morgan fingerprint density at radius 1 is 1.23 bits per heavy atom. The number of hydrogen-bond acceptors (Lipinski definition) is 6. The summed E-state index contributed by atoms with van der Waals surface area (Å²) < 4.78 is 6.42. The lowest BCUT2D eigenvalue weighted by Crippen LogP contribution is -2.33. The molecule has 1 aliphatic rings. The van der Waals surface area contributed by atoms with E-state index in [1.807, 2.05) is 0 Å². The molecule has 1 aromatic heterocycles. The van der Waals surface area contributed by atoms with E-state index in [0.717, 1.165) is 31.2 Å². The Morgan fingerprint density at radius 3 is 2.60 bits per heavy atom. The highest BCUT2D eigenvalue weighted by Gasteiger charge is 2.33. The van der Waals surface area contributed by atoms with Crippen molar-refractivity contribution in [1.82, 2.24) is 4.90 Å². The molecule has 0 N–H and O–H groups in total. The molecule has 1 fully saturated rings. The molecule has 1 aliphatic heterocycles. The Morgan fingerprint density at radius 2 is 1.97 bits per heavy atom. The Bertz CT molecular complexity index is 966. The zero-order valence-corrected chi connectivity index (χ0v) is 18.6. The molecule has 6 nitrogen and oxygen atoms in total. The number of nitrogens with zero attached hydrogens (tertiary/aromatic N) is 2. The van der Waals surface area contributed by atoms with Crippen LogP contribution in [0.25, 0.3) is 17.4 Å². The van der Waals surface area contributed by atoms with Crippen molar-refractivity contribution in [1.29, 1.82) is 0 Å². The molecule has 1 saturated heterocycles. The Hall–Kier alpha value is -2.45. The number of amides is 1. The lowest BCUT2D eigenvalue weighted by molar-refractivity contribution is -0.384. The summed E-state index contributed by atoms with van der Waals surface area (Å²) in [5.41, 5.74) is 0.757. The van der Waals surface area contributed by atoms with E-state index in [-0.39, 0.29) is 11.6 Å². The third kappa shape index (κ3) is 5.17. The number of unbranched alkanes of at least 4 members (excludes halogenated alkanes) is 1. The molecule has 0 radical (unpaired) electrons. The van der Waals surface area contributed by atoms with Gasteiger partial charge >= 0.3 is 0 Å². The number of nitro benzene ring substituents is 1. The number of hydrogen-bond donors (Lipinski definition) is 0. The fraction of sp³-hybridized carbons (Fsp3) is 0.364. The third-order valence-electron chi connectivity index (χ3n) is 5.12. The van der Waals surface area contributed by atoms with Crippen LogP contribution >= 0.6 is 24.0 Å². The van der Waals surface area contributed by atoms with E-state index in [1.54, 1.807) is 35.2 Å². The van der Waals surface area contributed by atoms with Gasteiger partial charge in [0, 0.05) is 30.3 Å². The highest BCUT2D eigenvalue weighted by atomic mass is 32.2. The zero-order chi connectivity index (χ0) is 21.7. The van der Waals surface area contributed by atoms with E-state index in [4.69, 9.17) is 16.6 Å². The van der Waals surface area contributed by atoms with E-state index in [0.29, 0.717) is 33.2 Å². The standard InChI is InChI=1S/C22H24N2O4S2/c1-3-5-6-15(4-2)14-23-21(25)20(30-22(23)29)13-18-11-12-19(28-18)16-7-9-17(10-8-16)24(26)27/h7-13,15H,3-6,14H2,1-2H3. The van der Waals surface area contributed by atoms with Gasteiger partial charge in [-0.2, -0.15) is 0 Å². The smallest absolute Gasteiger partial charge is 0.269 e. The summed E-state index contributed by atoms with van der Waals surface area (Å²) in [5, 5.41) is 10.8. The molecule has 1 atom stereocenters. The van der Waals surface area contributed by atoms with E-state index in [2.05, 4.69) is 13.8 Å². The van der Waals surface area contributed by atoms with Crippen molar-refractivity contribution in [3.63, 3.8) is 0 Å². The Labute approximate surface area is 185 Å². The van der Waals surface area contributed by atoms with E-state index >= 15 is 0 Å². The lowest BCUT2D eigenvalue weighted by atomic mass is 9.99. The Balaban J connectivity index is 1.72. The molecule has 0 spiro atoms. The maximum absolute atomic E-state index is 12.9. The Kier molecular flexibility index (Phi) is 7.44. The largest absolute Gasteiger partial charge is 0.457 e. The molecule has 2 aromatic rings. The fourth-order valence-electron chi connectivity index (χ4n) is 3.30. The second-order valence-corrected chi connectivity index (χ2v) is 8.89. The van der Waals surface area contributed by atoms with Gasteiger partial charge in [0.2, 0.25) is 0 Å². The van der Waals surface area contributed by atoms with Crippen LogP contribution in [0.1, 0.15) is 45.3 Å². The first-order valence-electron chi connectivity index (χ1n) is 10.0. The summed E-state index contributed by atoms with van der Waals surface area (Å²) in [6, 6.07) is 9.71. The minimum absolute atomic E-state index is 0.0264. The number of carbonyl (C=O) groups excluding carboxylic acids is 1. The summed E-state index contributed by atoms with van der Waals surface area (Å²) in [4.78, 5) is 25.5. The summed E-state index contributed by atoms with van der Waals surface area (Å²) in [6.45, 7) is 4.98. The van der Waals surface area contributed by atoms with Gasteiger partial charge in [0.15, 0.2) is 0 Å². The van der Waals surface area contributed by atoms with Crippen LogP contribution in [0.15, 0.2) is 45.7 Å². The van der Waals surface area contributed by atoms with Crippen molar-refractivity contribution < 1.29 is 14.1 Å². The van der Waals surface area contributed by atoms with Gasteiger partial charge in [-0.05, 0) is 36.6 Å². The van der Waals surface area contributed by atoms with Gasteiger partial charge in [0.05, 0.1) is 9.83 Å². The average Bonchev–Trinajstić information content (AvgIpc) is 3.31. The normalized spacial score (nSPS) is 16.5. The van der Waals surface area contributed by atoms with Crippen LogP contribution in [0, 0.1) is 16.0 Å². The molecular weight excluding hydrogens is 420 g/mol. The van der Waals surface area contributed by atoms with Crippen molar-refractivity contribution in [2.45, 2.75) is 39.5 Å². The van der Waals surface area contributed by atoms with Gasteiger partial charge in [0.25, 0.3) is 11.6 Å². The first-order valence-corrected chi connectivity index (χ1v) is 11.3. The van der Waals surface area contributed by atoms with Crippen molar-refractivity contribution >= 4 is 46.0 Å². The second kappa shape index (κ2) is 10.0. The number of benzene rings is 1. The fourth-order valence-corrected chi connectivity index (χ4v) is 4.55. The summed E-state index contributed by atoms with van der Waals surface area (Å²) in [6.07, 6.45) is 6.12. The molecule has 158 valence electrons. The maximum atomic E-state index is 12.9. The van der Waals surface area contributed by atoms with Crippen LogP contribution in [0.2, 0.25) is 0 Å². The van der Waals surface area contributed by atoms with E-state index in [1.165, 1.54) is 23.9 Å². The molecule has 1 unspecified atom stereocenters. The summed E-state index contributed by atoms with van der Waals surface area (Å²) >= 11 is 6.74. The van der Waals surface area contributed by atoms with Gasteiger partial charge in [-0.3, -0.25) is 19.8 Å². The number of thiocarbonyl (C=S) groups is 1. The van der Waals surface area contributed by atoms with Crippen molar-refractivity contribution in [2.75, 3.05) is 6.54 Å². The van der Waals surface area contributed by atoms with Crippen LogP contribution in [0.5, 0.6) is 0 Å². The molecule has 0 saturated carbocycles. The minimum Gasteiger partial charge on any atom is -0.457 e. The van der Waals surface area contributed by atoms with Crippen LogP contribution in [-0.2, 0) is 4.79 Å². The van der Waals surface area contributed by atoms with Gasteiger partial charge < -0.3 is 4.42 Å². The van der Waals surface area contributed by atoms with Crippen molar-refractivity contribution in [2.24, 2.45) is 5.92 Å². The van der Waals surface area contributed by atoms with Gasteiger partial charge in [-0.25, -0.2) is 0 Å². The summed E-state index contributed by atoms with van der Waals surface area (Å²) in [5.74, 6) is 1.50. The highest BCUT2D eigenvalue weighted by Crippen LogP contribution is 2.35. The molecule has 0 aliphatic carbocycles. The van der Waals surface area contributed by atoms with Crippen LogP contribution < -0.4 is 0 Å².